The van der Waals surface area contributed by atoms with Crippen molar-refractivity contribution < 1.29 is 0 Å². The van der Waals surface area contributed by atoms with Crippen molar-refractivity contribution in [3.05, 3.63) is 11.6 Å². The molecule has 0 fully saturated rings. The van der Waals surface area contributed by atoms with Crippen molar-refractivity contribution in [1.82, 2.24) is 5.43 Å². The smallest absolute Gasteiger partial charge is 0.0305 e. The minimum Gasteiger partial charge on any atom is -0.271 e. The van der Waals surface area contributed by atoms with Crippen molar-refractivity contribution in [2.75, 3.05) is 6.54 Å². The average molecular weight is 100 g/mol. The van der Waals surface area contributed by atoms with Crippen LogP contribution in [-0.2, 0) is 0 Å². The van der Waals surface area contributed by atoms with Gasteiger partial charge in [0.2, 0.25) is 0 Å². The van der Waals surface area contributed by atoms with Crippen LogP contribution in [-0.4, -0.2) is 6.54 Å². The first-order chi connectivity index (χ1) is 3.31. The molecule has 2 heteroatoms. The molecular weight excluding hydrogens is 88.1 g/mol. The van der Waals surface area contributed by atoms with Gasteiger partial charge in [0.05, 0.1) is 0 Å². The van der Waals surface area contributed by atoms with Gasteiger partial charge in [0, 0.05) is 6.54 Å². The summed E-state index contributed by atoms with van der Waals surface area (Å²) >= 11 is 0. The van der Waals surface area contributed by atoms with E-state index in [1.165, 1.54) is 5.57 Å². The second-order valence-electron chi connectivity index (χ2n) is 1.52. The Bertz CT molecular complexity index is 66.5. The molecule has 0 radical (unpaired) electrons. The van der Waals surface area contributed by atoms with Gasteiger partial charge < -0.3 is 0 Å². The summed E-state index contributed by atoms with van der Waals surface area (Å²) in [5.41, 5.74) is 3.82. The molecule has 0 unspecified atom stereocenters. The molecule has 0 bridgehead atoms. The number of hydrogen-bond donors (Lipinski definition) is 2. The monoisotopic (exact) mass is 100 g/mol. The largest absolute Gasteiger partial charge is 0.271 e. The molecule has 3 N–H and O–H groups in total. The highest BCUT2D eigenvalue weighted by atomic mass is 15.2. The van der Waals surface area contributed by atoms with E-state index in [1.807, 2.05) is 19.9 Å². The fourth-order valence-corrected chi connectivity index (χ4v) is 0.263. The van der Waals surface area contributed by atoms with Crippen LogP contribution < -0.4 is 11.3 Å². The lowest BCUT2D eigenvalue weighted by atomic mass is 10.3. The Hall–Kier alpha value is -0.340. The summed E-state index contributed by atoms with van der Waals surface area (Å²) in [6.07, 6.45) is 2.03. The fraction of sp³-hybridized carbons (Fsp3) is 0.600. The van der Waals surface area contributed by atoms with Crippen molar-refractivity contribution >= 4 is 0 Å². The van der Waals surface area contributed by atoms with Crippen molar-refractivity contribution in [3.8, 4) is 0 Å². The Morgan fingerprint density at radius 3 is 2.57 bits per heavy atom. The summed E-state index contributed by atoms with van der Waals surface area (Å²) in [5, 5.41) is 0. The summed E-state index contributed by atoms with van der Waals surface area (Å²) < 4.78 is 0. The minimum absolute atomic E-state index is 0.788. The standard InChI is InChI=1S/C5H12N2/c1-3-5(2)4-7-6/h3,7H,4,6H2,1-2H3. The third kappa shape index (κ3) is 3.49. The predicted octanol–water partition coefficient (Wildman–Crippen LogP) is 0.416. The normalized spacial score (nSPS) is 12.1. The lowest BCUT2D eigenvalue weighted by molar-refractivity contribution is 0.795. The summed E-state index contributed by atoms with van der Waals surface area (Å²) in [6, 6.07) is 0. The average Bonchev–Trinajstić information content (AvgIpc) is 1.68. The van der Waals surface area contributed by atoms with Crippen LogP contribution >= 0.6 is 0 Å². The molecule has 2 nitrogen and oxygen atoms in total. The molecule has 0 atom stereocenters. The topological polar surface area (TPSA) is 38.0 Å². The zero-order valence-electron chi connectivity index (χ0n) is 4.86. The highest BCUT2D eigenvalue weighted by molar-refractivity contribution is 4.96. The summed E-state index contributed by atoms with van der Waals surface area (Å²) in [4.78, 5) is 0. The van der Waals surface area contributed by atoms with Gasteiger partial charge in [-0.2, -0.15) is 0 Å². The first-order valence-corrected chi connectivity index (χ1v) is 2.36. The summed E-state index contributed by atoms with van der Waals surface area (Å²) in [6.45, 7) is 4.81. The molecular formula is C5H12N2. The van der Waals surface area contributed by atoms with E-state index in [4.69, 9.17) is 5.84 Å². The zero-order valence-corrected chi connectivity index (χ0v) is 4.86. The maximum absolute atomic E-state index is 5.01. The van der Waals surface area contributed by atoms with Crippen LogP contribution in [0.5, 0.6) is 0 Å². The number of allylic oxidation sites excluding steroid dienone is 1. The number of nitrogens with two attached hydrogens (primary N) is 1. The van der Waals surface area contributed by atoms with E-state index in [0.29, 0.717) is 0 Å². The van der Waals surface area contributed by atoms with E-state index >= 15 is 0 Å². The molecule has 42 valence electrons. The Kier molecular flexibility index (Phi) is 3.65. The number of hydrazine groups is 1. The quantitative estimate of drug-likeness (QED) is 0.300. The Balaban J connectivity index is 3.17. The van der Waals surface area contributed by atoms with E-state index in [1.54, 1.807) is 0 Å². The van der Waals surface area contributed by atoms with Crippen molar-refractivity contribution in [1.29, 1.82) is 0 Å². The van der Waals surface area contributed by atoms with Gasteiger partial charge in [-0.15, -0.1) is 0 Å². The van der Waals surface area contributed by atoms with Crippen LogP contribution in [0.2, 0.25) is 0 Å². The summed E-state index contributed by atoms with van der Waals surface area (Å²) in [5.74, 6) is 5.01. The van der Waals surface area contributed by atoms with Crippen molar-refractivity contribution in [2.45, 2.75) is 13.8 Å². The zero-order chi connectivity index (χ0) is 5.70. The molecule has 0 heterocycles. The molecule has 0 saturated heterocycles. The molecule has 0 saturated carbocycles. The van der Waals surface area contributed by atoms with Gasteiger partial charge in [0.1, 0.15) is 0 Å². The molecule has 0 aliphatic carbocycles. The van der Waals surface area contributed by atoms with Crippen molar-refractivity contribution in [2.24, 2.45) is 5.84 Å². The maximum Gasteiger partial charge on any atom is 0.0305 e. The van der Waals surface area contributed by atoms with Gasteiger partial charge >= 0.3 is 0 Å². The van der Waals surface area contributed by atoms with Gasteiger partial charge in [0.15, 0.2) is 0 Å². The first kappa shape index (κ1) is 6.66. The van der Waals surface area contributed by atoms with Crippen LogP contribution in [0.1, 0.15) is 13.8 Å². The van der Waals surface area contributed by atoms with Crippen LogP contribution in [0.15, 0.2) is 11.6 Å². The fourth-order valence-electron chi connectivity index (χ4n) is 0.263. The number of rotatable bonds is 2. The third-order valence-corrected chi connectivity index (χ3v) is 0.874. The summed E-state index contributed by atoms with van der Waals surface area (Å²) in [7, 11) is 0. The third-order valence-electron chi connectivity index (χ3n) is 0.874. The van der Waals surface area contributed by atoms with Crippen LogP contribution in [0.25, 0.3) is 0 Å². The van der Waals surface area contributed by atoms with E-state index in [0.717, 1.165) is 6.54 Å². The lowest BCUT2D eigenvalue weighted by Gasteiger charge is -1.93. The van der Waals surface area contributed by atoms with E-state index in [9.17, 15) is 0 Å². The predicted molar refractivity (Wildman–Crippen MR) is 31.6 cm³/mol. The number of nitrogens with one attached hydrogen (secondary N) is 1. The molecule has 0 amide bonds. The Morgan fingerprint density at radius 2 is 2.43 bits per heavy atom. The molecule has 0 rings (SSSR count). The molecule has 0 aromatic carbocycles. The molecule has 0 aromatic rings. The number of hydrogen-bond acceptors (Lipinski definition) is 2. The Labute approximate surface area is 44.4 Å². The highest BCUT2D eigenvalue weighted by Gasteiger charge is 1.78. The van der Waals surface area contributed by atoms with Crippen LogP contribution in [0.3, 0.4) is 0 Å². The second-order valence-corrected chi connectivity index (χ2v) is 1.52. The molecule has 7 heavy (non-hydrogen) atoms. The molecule has 0 spiro atoms. The van der Waals surface area contributed by atoms with Gasteiger partial charge in [-0.1, -0.05) is 11.6 Å². The second kappa shape index (κ2) is 3.84. The maximum atomic E-state index is 5.01. The van der Waals surface area contributed by atoms with Gasteiger partial charge in [-0.3, -0.25) is 11.3 Å². The van der Waals surface area contributed by atoms with E-state index in [2.05, 4.69) is 5.43 Å². The Morgan fingerprint density at radius 1 is 1.86 bits per heavy atom. The SMILES string of the molecule is CC=C(C)CNN. The molecule has 0 aliphatic heterocycles. The van der Waals surface area contributed by atoms with E-state index in [-0.39, 0.29) is 0 Å². The van der Waals surface area contributed by atoms with E-state index < -0.39 is 0 Å². The highest BCUT2D eigenvalue weighted by Crippen LogP contribution is 1.84. The van der Waals surface area contributed by atoms with Crippen molar-refractivity contribution in [3.63, 3.8) is 0 Å². The van der Waals surface area contributed by atoms with Gasteiger partial charge in [0.25, 0.3) is 0 Å². The molecule has 0 aliphatic rings. The van der Waals surface area contributed by atoms with Crippen LogP contribution in [0, 0.1) is 0 Å². The minimum atomic E-state index is 0.788. The van der Waals surface area contributed by atoms with Crippen LogP contribution in [0.4, 0.5) is 0 Å². The molecule has 0 aromatic heterocycles. The van der Waals surface area contributed by atoms with Gasteiger partial charge in [-0.05, 0) is 13.8 Å². The lowest BCUT2D eigenvalue weighted by Crippen LogP contribution is -2.23. The van der Waals surface area contributed by atoms with Gasteiger partial charge in [-0.25, -0.2) is 0 Å². The first-order valence-electron chi connectivity index (χ1n) is 2.36.